The third-order valence-corrected chi connectivity index (χ3v) is 2.88. The minimum atomic E-state index is -0.294. The lowest BCUT2D eigenvalue weighted by Gasteiger charge is -2.38. The highest BCUT2D eigenvalue weighted by Gasteiger charge is 2.33. The van der Waals surface area contributed by atoms with Crippen LogP contribution in [0.4, 0.5) is 0 Å². The normalized spacial score (nSPS) is 38.2. The summed E-state index contributed by atoms with van der Waals surface area (Å²) in [5.41, 5.74) is 0.211. The van der Waals surface area contributed by atoms with E-state index < -0.39 is 0 Å². The third-order valence-electron chi connectivity index (χ3n) is 2.88. The quantitative estimate of drug-likeness (QED) is 0.582. The number of aliphatic hydroxyl groups excluding tert-OH is 2. The third kappa shape index (κ3) is 2.46. The van der Waals surface area contributed by atoms with Crippen molar-refractivity contribution in [3.8, 4) is 0 Å². The molecular weight excluding hydrogens is 152 g/mol. The van der Waals surface area contributed by atoms with Crippen LogP contribution in [0.25, 0.3) is 0 Å². The SMILES string of the molecule is CC(C)(C)C1C[C@@H](O)C[C@H](O)C1. The van der Waals surface area contributed by atoms with Gasteiger partial charge in [0.1, 0.15) is 0 Å². The van der Waals surface area contributed by atoms with E-state index in [1.807, 2.05) is 0 Å². The molecule has 2 nitrogen and oxygen atoms in total. The van der Waals surface area contributed by atoms with Gasteiger partial charge in [0.25, 0.3) is 0 Å². The minimum absolute atomic E-state index is 0.211. The van der Waals surface area contributed by atoms with E-state index in [0.717, 1.165) is 12.8 Å². The van der Waals surface area contributed by atoms with Gasteiger partial charge in [0.05, 0.1) is 12.2 Å². The summed E-state index contributed by atoms with van der Waals surface area (Å²) in [5, 5.41) is 18.9. The summed E-state index contributed by atoms with van der Waals surface area (Å²) >= 11 is 0. The molecule has 0 amide bonds. The van der Waals surface area contributed by atoms with Crippen molar-refractivity contribution in [1.82, 2.24) is 0 Å². The second-order valence-electron chi connectivity index (χ2n) is 5.08. The van der Waals surface area contributed by atoms with Crippen molar-refractivity contribution in [2.45, 2.75) is 52.2 Å². The van der Waals surface area contributed by atoms with Gasteiger partial charge in [-0.3, -0.25) is 0 Å². The largest absolute Gasteiger partial charge is 0.393 e. The second-order valence-corrected chi connectivity index (χ2v) is 5.08. The van der Waals surface area contributed by atoms with Crippen LogP contribution >= 0.6 is 0 Å². The summed E-state index contributed by atoms with van der Waals surface area (Å²) < 4.78 is 0. The first-order chi connectivity index (χ1) is 5.39. The van der Waals surface area contributed by atoms with Crippen LogP contribution in [0.15, 0.2) is 0 Å². The summed E-state index contributed by atoms with van der Waals surface area (Å²) in [7, 11) is 0. The highest BCUT2D eigenvalue weighted by molar-refractivity contribution is 4.84. The van der Waals surface area contributed by atoms with Crippen molar-refractivity contribution >= 4 is 0 Å². The highest BCUT2D eigenvalue weighted by atomic mass is 16.3. The molecule has 2 N–H and O–H groups in total. The maximum absolute atomic E-state index is 9.45. The maximum Gasteiger partial charge on any atom is 0.0567 e. The fraction of sp³-hybridized carbons (Fsp3) is 1.00. The number of aliphatic hydroxyl groups is 2. The molecule has 0 saturated heterocycles. The van der Waals surface area contributed by atoms with E-state index >= 15 is 0 Å². The molecule has 0 spiro atoms. The van der Waals surface area contributed by atoms with Crippen LogP contribution in [0.2, 0.25) is 0 Å². The Balaban J connectivity index is 2.55. The molecular formula is C10H20O2. The topological polar surface area (TPSA) is 40.5 Å². The lowest BCUT2D eigenvalue weighted by atomic mass is 9.71. The van der Waals surface area contributed by atoms with E-state index in [-0.39, 0.29) is 17.6 Å². The van der Waals surface area contributed by atoms with Crippen LogP contribution in [-0.4, -0.2) is 22.4 Å². The monoisotopic (exact) mass is 172 g/mol. The van der Waals surface area contributed by atoms with E-state index in [2.05, 4.69) is 20.8 Å². The van der Waals surface area contributed by atoms with Gasteiger partial charge in [-0.1, -0.05) is 20.8 Å². The first-order valence-electron chi connectivity index (χ1n) is 4.75. The Morgan fingerprint density at radius 2 is 1.33 bits per heavy atom. The predicted molar refractivity (Wildman–Crippen MR) is 48.8 cm³/mol. The lowest BCUT2D eigenvalue weighted by molar-refractivity contribution is -0.0150. The molecule has 2 atom stereocenters. The van der Waals surface area contributed by atoms with Gasteiger partial charge < -0.3 is 10.2 Å². The molecule has 0 heterocycles. The zero-order valence-corrected chi connectivity index (χ0v) is 8.25. The molecule has 0 aromatic heterocycles. The average Bonchev–Trinajstić information content (AvgIpc) is 1.82. The summed E-state index contributed by atoms with van der Waals surface area (Å²) in [6.07, 6.45) is 1.67. The molecule has 1 fully saturated rings. The first-order valence-corrected chi connectivity index (χ1v) is 4.75. The van der Waals surface area contributed by atoms with Gasteiger partial charge in [0.15, 0.2) is 0 Å². The molecule has 0 bridgehead atoms. The average molecular weight is 172 g/mol. The van der Waals surface area contributed by atoms with Crippen LogP contribution < -0.4 is 0 Å². The van der Waals surface area contributed by atoms with Gasteiger partial charge in [-0.05, 0) is 30.6 Å². The lowest BCUT2D eigenvalue weighted by Crippen LogP contribution is -2.35. The van der Waals surface area contributed by atoms with Crippen LogP contribution in [0.3, 0.4) is 0 Å². The van der Waals surface area contributed by atoms with Crippen molar-refractivity contribution in [3.05, 3.63) is 0 Å². The van der Waals surface area contributed by atoms with Gasteiger partial charge in [-0.2, -0.15) is 0 Å². The van der Waals surface area contributed by atoms with Gasteiger partial charge in [0.2, 0.25) is 0 Å². The van der Waals surface area contributed by atoms with E-state index in [4.69, 9.17) is 0 Å². The highest BCUT2D eigenvalue weighted by Crippen LogP contribution is 2.37. The molecule has 0 aromatic carbocycles. The van der Waals surface area contributed by atoms with Crippen molar-refractivity contribution in [2.24, 2.45) is 11.3 Å². The minimum Gasteiger partial charge on any atom is -0.393 e. The number of hydrogen-bond donors (Lipinski definition) is 2. The molecule has 0 unspecified atom stereocenters. The Hall–Kier alpha value is -0.0800. The standard InChI is InChI=1S/C10H20O2/c1-10(2,3)7-4-8(11)6-9(12)5-7/h7-9,11-12H,4-6H2,1-3H3/t8-,9-/m1/s1. The zero-order chi connectivity index (χ0) is 9.35. The van der Waals surface area contributed by atoms with E-state index in [1.165, 1.54) is 0 Å². The van der Waals surface area contributed by atoms with Crippen LogP contribution in [0.5, 0.6) is 0 Å². The molecule has 1 rings (SSSR count). The van der Waals surface area contributed by atoms with Gasteiger partial charge in [-0.25, -0.2) is 0 Å². The number of rotatable bonds is 0. The predicted octanol–water partition coefficient (Wildman–Crippen LogP) is 1.55. The summed E-state index contributed by atoms with van der Waals surface area (Å²) in [5.74, 6) is 0.455. The van der Waals surface area contributed by atoms with Crippen LogP contribution in [-0.2, 0) is 0 Å². The van der Waals surface area contributed by atoms with E-state index in [0.29, 0.717) is 12.3 Å². The Bertz CT molecular complexity index is 138. The van der Waals surface area contributed by atoms with Crippen LogP contribution in [0, 0.1) is 11.3 Å². The number of hydrogen-bond acceptors (Lipinski definition) is 2. The van der Waals surface area contributed by atoms with Crippen LogP contribution in [0.1, 0.15) is 40.0 Å². The van der Waals surface area contributed by atoms with Gasteiger partial charge >= 0.3 is 0 Å². The Kier molecular flexibility index (Phi) is 2.79. The molecule has 0 aromatic rings. The summed E-state index contributed by atoms with van der Waals surface area (Å²) in [4.78, 5) is 0. The van der Waals surface area contributed by atoms with Crippen molar-refractivity contribution in [1.29, 1.82) is 0 Å². The second kappa shape index (κ2) is 3.35. The Morgan fingerprint density at radius 3 is 1.67 bits per heavy atom. The zero-order valence-electron chi connectivity index (χ0n) is 8.25. The Labute approximate surface area is 74.6 Å². The molecule has 1 aliphatic carbocycles. The van der Waals surface area contributed by atoms with Crippen molar-refractivity contribution < 1.29 is 10.2 Å². The Morgan fingerprint density at radius 1 is 0.917 bits per heavy atom. The molecule has 72 valence electrons. The fourth-order valence-corrected chi connectivity index (χ4v) is 1.97. The molecule has 0 radical (unpaired) electrons. The van der Waals surface area contributed by atoms with Gasteiger partial charge in [-0.15, -0.1) is 0 Å². The smallest absolute Gasteiger partial charge is 0.0567 e. The summed E-state index contributed by atoms with van der Waals surface area (Å²) in [6.45, 7) is 6.51. The summed E-state index contributed by atoms with van der Waals surface area (Å²) in [6, 6.07) is 0. The molecule has 1 aliphatic rings. The maximum atomic E-state index is 9.45. The fourth-order valence-electron chi connectivity index (χ4n) is 1.97. The van der Waals surface area contributed by atoms with Gasteiger partial charge in [0, 0.05) is 0 Å². The van der Waals surface area contributed by atoms with Crippen molar-refractivity contribution in [3.63, 3.8) is 0 Å². The molecule has 12 heavy (non-hydrogen) atoms. The first kappa shape index (κ1) is 10.0. The van der Waals surface area contributed by atoms with E-state index in [9.17, 15) is 10.2 Å². The molecule has 1 saturated carbocycles. The molecule has 2 heteroatoms. The van der Waals surface area contributed by atoms with E-state index in [1.54, 1.807) is 0 Å². The van der Waals surface area contributed by atoms with Crippen molar-refractivity contribution in [2.75, 3.05) is 0 Å². The molecule has 0 aliphatic heterocycles.